The Morgan fingerprint density at radius 1 is 1.47 bits per heavy atom. The zero-order valence-electron chi connectivity index (χ0n) is 10.9. The highest BCUT2D eigenvalue weighted by Gasteiger charge is 2.20. The minimum absolute atomic E-state index is 0. The molecule has 0 aromatic carbocycles. The average molecular weight is 324 g/mol. The molecule has 2 heterocycles. The topological polar surface area (TPSA) is 71.1 Å². The lowest BCUT2D eigenvalue weighted by Crippen LogP contribution is -2.29. The van der Waals surface area contributed by atoms with Gasteiger partial charge in [-0.3, -0.25) is 0 Å². The van der Waals surface area contributed by atoms with Crippen molar-refractivity contribution in [3.05, 3.63) is 22.4 Å². The molecule has 0 bridgehead atoms. The van der Waals surface area contributed by atoms with Crippen molar-refractivity contribution >= 4 is 33.8 Å². The lowest BCUT2D eigenvalue weighted by molar-refractivity contribution is 0.583. The predicted octanol–water partition coefficient (Wildman–Crippen LogP) is 1.38. The molecule has 1 aromatic heterocycles. The Bertz CT molecular complexity index is 566. The molecule has 0 atom stereocenters. The van der Waals surface area contributed by atoms with Crippen LogP contribution in [0, 0.1) is 13.8 Å². The molecule has 1 aliphatic rings. The highest BCUT2D eigenvalue weighted by molar-refractivity contribution is 7.91. The van der Waals surface area contributed by atoms with Crippen molar-refractivity contribution in [1.29, 1.82) is 0 Å². The van der Waals surface area contributed by atoms with Gasteiger partial charge in [0.15, 0.2) is 4.21 Å². The molecule has 1 aliphatic heterocycles. The number of hydrogen-bond donors (Lipinski definition) is 2. The first-order valence-corrected chi connectivity index (χ1v) is 8.11. The van der Waals surface area contributed by atoms with E-state index < -0.39 is 10.0 Å². The van der Waals surface area contributed by atoms with Gasteiger partial charge in [0.2, 0.25) is 0 Å². The molecular formula is C11H18ClN3O2S2. The third kappa shape index (κ3) is 4.25. The van der Waals surface area contributed by atoms with E-state index in [-0.39, 0.29) is 12.4 Å². The summed E-state index contributed by atoms with van der Waals surface area (Å²) in [4.78, 5) is 4.15. The fourth-order valence-electron chi connectivity index (χ4n) is 1.85. The number of nitrogens with one attached hydrogen (secondary N) is 2. The minimum Gasteiger partial charge on any atom is -0.313 e. The van der Waals surface area contributed by atoms with Crippen LogP contribution in [0.4, 0.5) is 0 Å². The SMILES string of the molecule is Cc1nc(C)c(S(=O)(=O)NCC2=CCNCC2)s1.Cl. The molecule has 19 heavy (non-hydrogen) atoms. The van der Waals surface area contributed by atoms with Gasteiger partial charge in [-0.15, -0.1) is 23.7 Å². The molecule has 2 rings (SSSR count). The van der Waals surface area contributed by atoms with Gasteiger partial charge in [-0.2, -0.15) is 0 Å². The molecule has 2 N–H and O–H groups in total. The first-order valence-electron chi connectivity index (χ1n) is 5.81. The van der Waals surface area contributed by atoms with E-state index in [9.17, 15) is 8.42 Å². The van der Waals surface area contributed by atoms with E-state index in [4.69, 9.17) is 0 Å². The van der Waals surface area contributed by atoms with Gasteiger partial charge >= 0.3 is 0 Å². The maximum absolute atomic E-state index is 12.1. The number of hydrogen-bond acceptors (Lipinski definition) is 5. The van der Waals surface area contributed by atoms with Crippen LogP contribution in [-0.4, -0.2) is 33.0 Å². The summed E-state index contributed by atoms with van der Waals surface area (Å²) in [6.07, 6.45) is 2.93. The molecule has 8 heteroatoms. The van der Waals surface area contributed by atoms with E-state index in [0.717, 1.165) is 30.1 Å². The highest BCUT2D eigenvalue weighted by atomic mass is 35.5. The predicted molar refractivity (Wildman–Crippen MR) is 79.6 cm³/mol. The Labute approximate surface area is 124 Å². The average Bonchev–Trinajstić information content (AvgIpc) is 2.68. The Hall–Kier alpha value is -0.470. The second kappa shape index (κ2) is 6.81. The van der Waals surface area contributed by atoms with E-state index in [2.05, 4.69) is 15.0 Å². The van der Waals surface area contributed by atoms with E-state index in [1.807, 2.05) is 13.0 Å². The molecule has 0 radical (unpaired) electrons. The first-order chi connectivity index (χ1) is 8.49. The molecule has 5 nitrogen and oxygen atoms in total. The summed E-state index contributed by atoms with van der Waals surface area (Å²) < 4.78 is 27.2. The quantitative estimate of drug-likeness (QED) is 0.821. The third-order valence-electron chi connectivity index (χ3n) is 2.75. The van der Waals surface area contributed by atoms with Crippen LogP contribution in [0.25, 0.3) is 0 Å². The number of nitrogens with zero attached hydrogens (tertiary/aromatic N) is 1. The van der Waals surface area contributed by atoms with Crippen LogP contribution in [0.2, 0.25) is 0 Å². The maximum Gasteiger partial charge on any atom is 0.252 e. The van der Waals surface area contributed by atoms with Crippen molar-refractivity contribution in [2.75, 3.05) is 19.6 Å². The third-order valence-corrected chi connectivity index (χ3v) is 5.84. The van der Waals surface area contributed by atoms with Crippen LogP contribution in [0.3, 0.4) is 0 Å². The lowest BCUT2D eigenvalue weighted by Gasteiger charge is -2.14. The summed E-state index contributed by atoms with van der Waals surface area (Å²) in [5.74, 6) is 0. The normalized spacial score (nSPS) is 15.8. The monoisotopic (exact) mass is 323 g/mol. The number of sulfonamides is 1. The number of rotatable bonds is 4. The summed E-state index contributed by atoms with van der Waals surface area (Å²) in [5.41, 5.74) is 1.71. The molecule has 0 amide bonds. The zero-order valence-corrected chi connectivity index (χ0v) is 13.3. The second-order valence-electron chi connectivity index (χ2n) is 4.25. The lowest BCUT2D eigenvalue weighted by atomic mass is 10.1. The van der Waals surface area contributed by atoms with Crippen molar-refractivity contribution in [2.24, 2.45) is 0 Å². The number of thiazole rings is 1. The molecule has 0 saturated heterocycles. The Balaban J connectivity index is 0.00000180. The fourth-order valence-corrected chi connectivity index (χ4v) is 4.41. The molecule has 108 valence electrons. The van der Waals surface area contributed by atoms with Crippen LogP contribution in [0.15, 0.2) is 15.9 Å². The van der Waals surface area contributed by atoms with Gasteiger partial charge in [0, 0.05) is 13.1 Å². The first kappa shape index (κ1) is 16.6. The largest absolute Gasteiger partial charge is 0.313 e. The molecule has 0 saturated carbocycles. The van der Waals surface area contributed by atoms with Crippen molar-refractivity contribution < 1.29 is 8.42 Å². The van der Waals surface area contributed by atoms with Crippen LogP contribution >= 0.6 is 23.7 Å². The van der Waals surface area contributed by atoms with Gasteiger partial charge in [-0.1, -0.05) is 11.6 Å². The molecule has 0 spiro atoms. The Morgan fingerprint density at radius 3 is 2.74 bits per heavy atom. The minimum atomic E-state index is -3.42. The van der Waals surface area contributed by atoms with E-state index in [1.165, 1.54) is 11.3 Å². The number of halogens is 1. The summed E-state index contributed by atoms with van der Waals surface area (Å²) in [7, 11) is -3.42. The van der Waals surface area contributed by atoms with Crippen LogP contribution < -0.4 is 10.0 Å². The van der Waals surface area contributed by atoms with Gasteiger partial charge in [0.25, 0.3) is 10.0 Å². The van der Waals surface area contributed by atoms with Crippen molar-refractivity contribution in [3.8, 4) is 0 Å². The zero-order chi connectivity index (χ0) is 13.2. The highest BCUT2D eigenvalue weighted by Crippen LogP contribution is 2.22. The Kier molecular flexibility index (Phi) is 5.94. The fraction of sp³-hybridized carbons (Fsp3) is 0.545. The van der Waals surface area contributed by atoms with Crippen molar-refractivity contribution in [2.45, 2.75) is 24.5 Å². The number of aromatic nitrogens is 1. The Morgan fingerprint density at radius 2 is 2.21 bits per heavy atom. The van der Waals surface area contributed by atoms with Crippen LogP contribution in [0.1, 0.15) is 17.1 Å². The van der Waals surface area contributed by atoms with Crippen LogP contribution in [-0.2, 0) is 10.0 Å². The van der Waals surface area contributed by atoms with Gasteiger partial charge < -0.3 is 5.32 Å². The molecule has 0 unspecified atom stereocenters. The van der Waals surface area contributed by atoms with Crippen molar-refractivity contribution in [3.63, 3.8) is 0 Å². The summed E-state index contributed by atoms with van der Waals surface area (Å²) in [6, 6.07) is 0. The van der Waals surface area contributed by atoms with Gasteiger partial charge in [0.05, 0.1) is 10.7 Å². The van der Waals surface area contributed by atoms with E-state index in [0.29, 0.717) is 16.4 Å². The number of aryl methyl sites for hydroxylation is 2. The van der Waals surface area contributed by atoms with E-state index in [1.54, 1.807) is 6.92 Å². The maximum atomic E-state index is 12.1. The molecule has 0 fully saturated rings. The summed E-state index contributed by atoms with van der Waals surface area (Å²) in [6.45, 7) is 5.65. The second-order valence-corrected chi connectivity index (χ2v) is 7.41. The molecule has 0 aliphatic carbocycles. The smallest absolute Gasteiger partial charge is 0.252 e. The van der Waals surface area contributed by atoms with Gasteiger partial charge in [-0.05, 0) is 26.8 Å². The molecular weight excluding hydrogens is 306 g/mol. The van der Waals surface area contributed by atoms with Gasteiger partial charge in [-0.25, -0.2) is 18.1 Å². The van der Waals surface area contributed by atoms with Crippen LogP contribution in [0.5, 0.6) is 0 Å². The van der Waals surface area contributed by atoms with E-state index >= 15 is 0 Å². The summed E-state index contributed by atoms with van der Waals surface area (Å²) >= 11 is 1.21. The standard InChI is InChI=1S/C11H17N3O2S2.ClH/c1-8-11(17-9(2)14-8)18(15,16)13-7-10-3-5-12-6-4-10;/h3,12-13H,4-7H2,1-2H3;1H. The van der Waals surface area contributed by atoms with Gasteiger partial charge in [0.1, 0.15) is 0 Å². The summed E-state index contributed by atoms with van der Waals surface area (Å²) in [5, 5.41) is 3.97. The van der Waals surface area contributed by atoms with Crippen molar-refractivity contribution in [1.82, 2.24) is 15.0 Å². The molecule has 1 aromatic rings.